The Morgan fingerprint density at radius 1 is 1.00 bits per heavy atom. The summed E-state index contributed by atoms with van der Waals surface area (Å²) in [6.45, 7) is 5.02. The van der Waals surface area contributed by atoms with Crippen molar-refractivity contribution in [2.24, 2.45) is 0 Å². The fourth-order valence-corrected chi connectivity index (χ4v) is 1.66. The Kier molecular flexibility index (Phi) is 4.12. The predicted molar refractivity (Wildman–Crippen MR) is 75.3 cm³/mol. The van der Waals surface area contributed by atoms with E-state index in [0.29, 0.717) is 0 Å². The number of nitrogens with one attached hydrogen (secondary N) is 2. The molecule has 0 aliphatic carbocycles. The second-order valence-electron chi connectivity index (χ2n) is 4.00. The fraction of sp³-hybridized carbons (Fsp3) is 0.286. The highest BCUT2D eigenvalue weighted by molar-refractivity contribution is 5.57. The zero-order valence-corrected chi connectivity index (χ0v) is 10.8. The topological polar surface area (TPSA) is 49.8 Å². The molecule has 94 valence electrons. The van der Waals surface area contributed by atoms with Gasteiger partial charge in [0.15, 0.2) is 5.82 Å². The van der Waals surface area contributed by atoms with Crippen LogP contribution >= 0.6 is 0 Å². The smallest absolute Gasteiger partial charge is 0.151 e. The minimum atomic E-state index is 0.748. The van der Waals surface area contributed by atoms with Crippen LogP contribution in [-0.4, -0.2) is 16.5 Å². The standard InChI is InChI=1S/C14H18N4/c1-3-11-5-7-12(8-6-11)17-14-10-15-9-13(18-14)16-4-2/h5-10H,3-4H2,1-2H3,(H2,16,17,18). The summed E-state index contributed by atoms with van der Waals surface area (Å²) in [5.74, 6) is 1.53. The van der Waals surface area contributed by atoms with Gasteiger partial charge in [0.1, 0.15) is 5.82 Å². The van der Waals surface area contributed by atoms with E-state index in [2.05, 4.69) is 51.8 Å². The van der Waals surface area contributed by atoms with Gasteiger partial charge < -0.3 is 10.6 Å². The molecular weight excluding hydrogens is 224 g/mol. The van der Waals surface area contributed by atoms with Crippen molar-refractivity contribution < 1.29 is 0 Å². The summed E-state index contributed by atoms with van der Waals surface area (Å²) >= 11 is 0. The minimum Gasteiger partial charge on any atom is -0.369 e. The zero-order chi connectivity index (χ0) is 12.8. The van der Waals surface area contributed by atoms with Gasteiger partial charge in [-0.2, -0.15) is 0 Å². The lowest BCUT2D eigenvalue weighted by Crippen LogP contribution is -2.02. The lowest BCUT2D eigenvalue weighted by atomic mass is 10.1. The first-order valence-corrected chi connectivity index (χ1v) is 6.23. The van der Waals surface area contributed by atoms with Gasteiger partial charge in [-0.05, 0) is 31.0 Å². The molecule has 0 saturated carbocycles. The molecule has 1 aromatic heterocycles. The van der Waals surface area contributed by atoms with Crippen molar-refractivity contribution in [1.29, 1.82) is 0 Å². The summed E-state index contributed by atoms with van der Waals surface area (Å²) in [6, 6.07) is 8.34. The molecule has 0 unspecified atom stereocenters. The fourth-order valence-electron chi connectivity index (χ4n) is 1.66. The molecule has 0 radical (unpaired) electrons. The van der Waals surface area contributed by atoms with Crippen molar-refractivity contribution in [3.05, 3.63) is 42.2 Å². The molecule has 4 heteroatoms. The highest BCUT2D eigenvalue weighted by atomic mass is 15.1. The molecule has 1 aromatic carbocycles. The number of nitrogens with zero attached hydrogens (tertiary/aromatic N) is 2. The second-order valence-corrected chi connectivity index (χ2v) is 4.00. The molecule has 4 nitrogen and oxygen atoms in total. The Bertz CT molecular complexity index is 493. The predicted octanol–water partition coefficient (Wildman–Crippen LogP) is 3.21. The summed E-state index contributed by atoms with van der Waals surface area (Å²) < 4.78 is 0. The van der Waals surface area contributed by atoms with E-state index < -0.39 is 0 Å². The third kappa shape index (κ3) is 3.20. The van der Waals surface area contributed by atoms with Crippen LogP contribution in [0.15, 0.2) is 36.7 Å². The molecule has 0 saturated heterocycles. The van der Waals surface area contributed by atoms with Crippen molar-refractivity contribution in [3.8, 4) is 0 Å². The van der Waals surface area contributed by atoms with Crippen LogP contribution in [0.1, 0.15) is 19.4 Å². The van der Waals surface area contributed by atoms with Crippen molar-refractivity contribution in [2.75, 3.05) is 17.2 Å². The van der Waals surface area contributed by atoms with Crippen LogP contribution in [0.4, 0.5) is 17.3 Å². The highest BCUT2D eigenvalue weighted by Crippen LogP contribution is 2.16. The number of hydrogen-bond acceptors (Lipinski definition) is 4. The molecule has 0 atom stereocenters. The molecule has 18 heavy (non-hydrogen) atoms. The van der Waals surface area contributed by atoms with E-state index in [1.807, 2.05) is 6.92 Å². The Hall–Kier alpha value is -2.10. The van der Waals surface area contributed by atoms with Crippen LogP contribution in [0, 0.1) is 0 Å². The number of aromatic nitrogens is 2. The summed E-state index contributed by atoms with van der Waals surface area (Å²) in [6.07, 6.45) is 4.49. The van der Waals surface area contributed by atoms with Gasteiger partial charge >= 0.3 is 0 Å². The molecular formula is C14H18N4. The number of benzene rings is 1. The van der Waals surface area contributed by atoms with Gasteiger partial charge in [-0.25, -0.2) is 4.98 Å². The first-order chi connectivity index (χ1) is 8.81. The summed E-state index contributed by atoms with van der Waals surface area (Å²) in [7, 11) is 0. The number of anilines is 3. The van der Waals surface area contributed by atoms with E-state index in [9.17, 15) is 0 Å². The molecule has 0 fully saturated rings. The number of aryl methyl sites for hydroxylation is 1. The molecule has 2 aromatic rings. The van der Waals surface area contributed by atoms with E-state index in [0.717, 1.165) is 30.3 Å². The van der Waals surface area contributed by atoms with Gasteiger partial charge in [-0.15, -0.1) is 0 Å². The molecule has 0 amide bonds. The molecule has 0 aliphatic rings. The molecule has 2 N–H and O–H groups in total. The quantitative estimate of drug-likeness (QED) is 0.845. The van der Waals surface area contributed by atoms with Crippen LogP contribution in [0.5, 0.6) is 0 Å². The number of hydrogen-bond donors (Lipinski definition) is 2. The molecule has 1 heterocycles. The number of rotatable bonds is 5. The Morgan fingerprint density at radius 3 is 2.39 bits per heavy atom. The zero-order valence-electron chi connectivity index (χ0n) is 10.8. The van der Waals surface area contributed by atoms with Crippen LogP contribution < -0.4 is 10.6 Å². The summed E-state index contributed by atoms with van der Waals surface area (Å²) in [5, 5.41) is 6.38. The molecule has 0 aliphatic heterocycles. The third-order valence-electron chi connectivity index (χ3n) is 2.63. The van der Waals surface area contributed by atoms with Crippen molar-refractivity contribution in [2.45, 2.75) is 20.3 Å². The average molecular weight is 242 g/mol. The van der Waals surface area contributed by atoms with Gasteiger partial charge in [0.05, 0.1) is 12.4 Å². The van der Waals surface area contributed by atoms with Crippen LogP contribution in [0.2, 0.25) is 0 Å². The van der Waals surface area contributed by atoms with Gasteiger partial charge in [0.2, 0.25) is 0 Å². The van der Waals surface area contributed by atoms with Crippen molar-refractivity contribution >= 4 is 17.3 Å². The highest BCUT2D eigenvalue weighted by Gasteiger charge is 1.99. The first kappa shape index (κ1) is 12.4. The van der Waals surface area contributed by atoms with E-state index >= 15 is 0 Å². The SMILES string of the molecule is CCNc1cncc(Nc2ccc(CC)cc2)n1. The lowest BCUT2D eigenvalue weighted by molar-refractivity contribution is 1.12. The molecule has 0 spiro atoms. The van der Waals surface area contributed by atoms with Crippen LogP contribution in [-0.2, 0) is 6.42 Å². The van der Waals surface area contributed by atoms with E-state index in [1.165, 1.54) is 5.56 Å². The van der Waals surface area contributed by atoms with E-state index in [4.69, 9.17) is 0 Å². The maximum Gasteiger partial charge on any atom is 0.151 e. The first-order valence-electron chi connectivity index (χ1n) is 6.23. The van der Waals surface area contributed by atoms with E-state index in [1.54, 1.807) is 12.4 Å². The largest absolute Gasteiger partial charge is 0.369 e. The van der Waals surface area contributed by atoms with Gasteiger partial charge in [0.25, 0.3) is 0 Å². The summed E-state index contributed by atoms with van der Waals surface area (Å²) in [4.78, 5) is 8.56. The Labute approximate surface area is 107 Å². The van der Waals surface area contributed by atoms with Crippen LogP contribution in [0.25, 0.3) is 0 Å². The molecule has 2 rings (SSSR count). The summed E-state index contributed by atoms with van der Waals surface area (Å²) in [5.41, 5.74) is 2.35. The average Bonchev–Trinajstić information content (AvgIpc) is 2.40. The maximum atomic E-state index is 4.42. The van der Waals surface area contributed by atoms with Gasteiger partial charge in [0, 0.05) is 12.2 Å². The second kappa shape index (κ2) is 6.00. The van der Waals surface area contributed by atoms with Gasteiger partial charge in [-0.1, -0.05) is 19.1 Å². The monoisotopic (exact) mass is 242 g/mol. The van der Waals surface area contributed by atoms with Crippen molar-refractivity contribution in [1.82, 2.24) is 9.97 Å². The van der Waals surface area contributed by atoms with E-state index in [-0.39, 0.29) is 0 Å². The minimum absolute atomic E-state index is 0.748. The lowest BCUT2D eigenvalue weighted by Gasteiger charge is -2.08. The maximum absolute atomic E-state index is 4.42. The molecule has 0 bridgehead atoms. The van der Waals surface area contributed by atoms with Crippen LogP contribution in [0.3, 0.4) is 0 Å². The normalized spacial score (nSPS) is 10.1. The Balaban J connectivity index is 2.09. The van der Waals surface area contributed by atoms with Crippen molar-refractivity contribution in [3.63, 3.8) is 0 Å². The third-order valence-corrected chi connectivity index (χ3v) is 2.63. The van der Waals surface area contributed by atoms with Gasteiger partial charge in [-0.3, -0.25) is 4.98 Å². The Morgan fingerprint density at radius 2 is 1.72 bits per heavy atom.